The van der Waals surface area contributed by atoms with Gasteiger partial charge < -0.3 is 10.5 Å². The molecule has 0 aliphatic carbocycles. The Kier molecular flexibility index (Phi) is 2.95. The van der Waals surface area contributed by atoms with E-state index in [4.69, 9.17) is 10.5 Å². The summed E-state index contributed by atoms with van der Waals surface area (Å²) in [7, 11) is 0. The van der Waals surface area contributed by atoms with Gasteiger partial charge in [-0.2, -0.15) is 0 Å². The van der Waals surface area contributed by atoms with Crippen LogP contribution in [-0.2, 0) is 0 Å². The van der Waals surface area contributed by atoms with Crippen molar-refractivity contribution in [2.75, 3.05) is 12.3 Å². The topological polar surface area (TPSA) is 48.1 Å². The maximum atomic E-state index is 5.74. The number of nitrogens with zero attached hydrogens (tertiary/aromatic N) is 1. The summed E-state index contributed by atoms with van der Waals surface area (Å²) in [6, 6.07) is 7.57. The van der Waals surface area contributed by atoms with E-state index in [0.717, 1.165) is 22.3 Å². The minimum absolute atomic E-state index is 0.511. The fraction of sp³-hybridized carbons (Fsp3) is 0.308. The van der Waals surface area contributed by atoms with E-state index in [1.54, 1.807) is 6.20 Å². The number of hydrogen-bond acceptors (Lipinski definition) is 3. The van der Waals surface area contributed by atoms with Gasteiger partial charge >= 0.3 is 0 Å². The molecule has 1 aromatic heterocycles. The average molecular weight is 216 g/mol. The van der Waals surface area contributed by atoms with Crippen LogP contribution >= 0.6 is 0 Å². The second kappa shape index (κ2) is 4.39. The van der Waals surface area contributed by atoms with Crippen molar-refractivity contribution >= 4 is 16.6 Å². The zero-order valence-electron chi connectivity index (χ0n) is 9.60. The second-order valence-electron chi connectivity index (χ2n) is 4.29. The Balaban J connectivity index is 2.38. The van der Waals surface area contributed by atoms with Crippen molar-refractivity contribution in [1.82, 2.24) is 4.98 Å². The molecule has 2 N–H and O–H groups in total. The third kappa shape index (κ3) is 2.24. The van der Waals surface area contributed by atoms with Crippen molar-refractivity contribution in [3.8, 4) is 5.75 Å². The van der Waals surface area contributed by atoms with Crippen LogP contribution in [0.5, 0.6) is 5.75 Å². The Morgan fingerprint density at radius 2 is 2.12 bits per heavy atom. The van der Waals surface area contributed by atoms with Crippen molar-refractivity contribution in [1.29, 1.82) is 0 Å². The molecular formula is C13H16N2O. The van der Waals surface area contributed by atoms with E-state index in [2.05, 4.69) is 18.8 Å². The number of hydrogen-bond donors (Lipinski definition) is 1. The predicted molar refractivity (Wildman–Crippen MR) is 66.5 cm³/mol. The van der Waals surface area contributed by atoms with Gasteiger partial charge in [-0.25, -0.2) is 0 Å². The first-order chi connectivity index (χ1) is 7.66. The summed E-state index contributed by atoms with van der Waals surface area (Å²) < 4.78 is 5.74. The summed E-state index contributed by atoms with van der Waals surface area (Å²) >= 11 is 0. The summed E-state index contributed by atoms with van der Waals surface area (Å²) in [6.45, 7) is 4.96. The number of pyridine rings is 1. The summed E-state index contributed by atoms with van der Waals surface area (Å²) in [5.74, 6) is 1.38. The molecule has 16 heavy (non-hydrogen) atoms. The quantitative estimate of drug-likeness (QED) is 0.802. The Labute approximate surface area is 95.2 Å². The highest BCUT2D eigenvalue weighted by Gasteiger charge is 2.04. The van der Waals surface area contributed by atoms with Gasteiger partial charge in [-0.3, -0.25) is 4.98 Å². The van der Waals surface area contributed by atoms with E-state index in [1.807, 2.05) is 24.3 Å². The van der Waals surface area contributed by atoms with Gasteiger partial charge in [-0.05, 0) is 30.2 Å². The first kappa shape index (κ1) is 10.7. The van der Waals surface area contributed by atoms with Gasteiger partial charge in [0.25, 0.3) is 0 Å². The van der Waals surface area contributed by atoms with Gasteiger partial charge in [0.15, 0.2) is 0 Å². The monoisotopic (exact) mass is 216 g/mol. The molecule has 0 aliphatic heterocycles. The summed E-state index contributed by atoms with van der Waals surface area (Å²) in [6.07, 6.45) is 1.75. The molecule has 0 aliphatic rings. The lowest BCUT2D eigenvalue weighted by Gasteiger charge is -2.10. The zero-order chi connectivity index (χ0) is 11.5. The van der Waals surface area contributed by atoms with Crippen molar-refractivity contribution in [2.45, 2.75) is 13.8 Å². The highest BCUT2D eigenvalue weighted by atomic mass is 16.5. The smallest absolute Gasteiger partial charge is 0.130 e. The van der Waals surface area contributed by atoms with E-state index < -0.39 is 0 Å². The third-order valence-electron chi connectivity index (χ3n) is 2.30. The lowest BCUT2D eigenvalue weighted by Crippen LogP contribution is -2.04. The van der Waals surface area contributed by atoms with Crippen LogP contribution < -0.4 is 10.5 Å². The van der Waals surface area contributed by atoms with E-state index in [1.165, 1.54) is 0 Å². The fourth-order valence-corrected chi connectivity index (χ4v) is 1.52. The highest BCUT2D eigenvalue weighted by Crippen LogP contribution is 2.25. The number of rotatable bonds is 3. The number of nitrogens with two attached hydrogens (primary N) is 1. The normalized spacial score (nSPS) is 10.9. The minimum atomic E-state index is 0.511. The van der Waals surface area contributed by atoms with E-state index in [9.17, 15) is 0 Å². The number of nitrogen functional groups attached to an aromatic ring is 1. The van der Waals surface area contributed by atoms with Gasteiger partial charge in [0.1, 0.15) is 5.75 Å². The number of anilines is 1. The molecule has 0 amide bonds. The summed E-state index contributed by atoms with van der Waals surface area (Å²) in [5, 5.41) is 1.01. The number of aromatic nitrogens is 1. The molecule has 0 fully saturated rings. The first-order valence-corrected chi connectivity index (χ1v) is 5.44. The van der Waals surface area contributed by atoms with Gasteiger partial charge in [0.05, 0.1) is 12.1 Å². The van der Waals surface area contributed by atoms with Crippen molar-refractivity contribution in [3.63, 3.8) is 0 Å². The number of ether oxygens (including phenoxy) is 1. The third-order valence-corrected chi connectivity index (χ3v) is 2.30. The average Bonchev–Trinajstić information content (AvgIpc) is 2.25. The molecule has 0 bridgehead atoms. The predicted octanol–water partition coefficient (Wildman–Crippen LogP) is 2.85. The summed E-state index contributed by atoms with van der Waals surface area (Å²) in [5.41, 5.74) is 7.31. The Hall–Kier alpha value is -1.77. The van der Waals surface area contributed by atoms with Crippen molar-refractivity contribution < 1.29 is 4.74 Å². The van der Waals surface area contributed by atoms with Gasteiger partial charge in [-0.1, -0.05) is 13.8 Å². The van der Waals surface area contributed by atoms with Crippen LogP contribution in [0.25, 0.3) is 10.9 Å². The zero-order valence-corrected chi connectivity index (χ0v) is 9.60. The minimum Gasteiger partial charge on any atom is -0.493 e. The molecule has 0 unspecified atom stereocenters. The maximum Gasteiger partial charge on any atom is 0.130 e. The van der Waals surface area contributed by atoms with Crippen LogP contribution in [0.3, 0.4) is 0 Å². The molecule has 0 atom stereocenters. The van der Waals surface area contributed by atoms with E-state index >= 15 is 0 Å². The Bertz CT molecular complexity index is 494. The van der Waals surface area contributed by atoms with Crippen molar-refractivity contribution in [3.05, 3.63) is 30.5 Å². The molecular weight excluding hydrogens is 200 g/mol. The molecule has 0 saturated heterocycles. The molecule has 2 rings (SSSR count). The number of benzene rings is 1. The van der Waals surface area contributed by atoms with E-state index in [0.29, 0.717) is 12.5 Å². The highest BCUT2D eigenvalue weighted by molar-refractivity contribution is 5.87. The Morgan fingerprint density at radius 1 is 1.31 bits per heavy atom. The summed E-state index contributed by atoms with van der Waals surface area (Å²) in [4.78, 5) is 4.27. The van der Waals surface area contributed by atoms with Gasteiger partial charge in [0.2, 0.25) is 0 Å². The first-order valence-electron chi connectivity index (χ1n) is 5.44. The van der Waals surface area contributed by atoms with Crippen LogP contribution in [0, 0.1) is 5.92 Å². The molecule has 2 aromatic rings. The molecule has 0 saturated carbocycles. The van der Waals surface area contributed by atoms with Gasteiger partial charge in [0, 0.05) is 17.3 Å². The van der Waals surface area contributed by atoms with Crippen LogP contribution in [0.1, 0.15) is 13.8 Å². The van der Waals surface area contributed by atoms with Crippen molar-refractivity contribution in [2.24, 2.45) is 5.92 Å². The van der Waals surface area contributed by atoms with Crippen LogP contribution in [0.2, 0.25) is 0 Å². The SMILES string of the molecule is CC(C)COc1ccnc2cc(N)ccc12. The standard InChI is InChI=1S/C13H16N2O/c1-9(2)8-16-13-5-6-15-12-7-10(14)3-4-11(12)13/h3-7,9H,8,14H2,1-2H3. The molecule has 3 heteroatoms. The molecule has 84 valence electrons. The fourth-order valence-electron chi connectivity index (χ4n) is 1.52. The lowest BCUT2D eigenvalue weighted by molar-refractivity contribution is 0.274. The van der Waals surface area contributed by atoms with Crippen LogP contribution in [0.15, 0.2) is 30.5 Å². The van der Waals surface area contributed by atoms with Crippen LogP contribution in [0.4, 0.5) is 5.69 Å². The van der Waals surface area contributed by atoms with Gasteiger partial charge in [-0.15, -0.1) is 0 Å². The molecule has 3 nitrogen and oxygen atoms in total. The molecule has 0 radical (unpaired) electrons. The van der Waals surface area contributed by atoms with E-state index in [-0.39, 0.29) is 0 Å². The Morgan fingerprint density at radius 3 is 2.88 bits per heavy atom. The van der Waals surface area contributed by atoms with Crippen LogP contribution in [-0.4, -0.2) is 11.6 Å². The second-order valence-corrected chi connectivity index (χ2v) is 4.29. The lowest BCUT2D eigenvalue weighted by atomic mass is 10.2. The molecule has 0 spiro atoms. The molecule has 1 heterocycles. The maximum absolute atomic E-state index is 5.74. The largest absolute Gasteiger partial charge is 0.493 e. The number of fused-ring (bicyclic) bond motifs is 1. The molecule has 1 aromatic carbocycles.